The number of carbonyl (C=O) groups is 2. The lowest BCUT2D eigenvalue weighted by molar-refractivity contribution is -0.138. The smallest absolute Gasteiger partial charge is 0.305 e. The number of rotatable bonds is 4. The molecule has 1 heterocycles. The Labute approximate surface area is 111 Å². The van der Waals surface area contributed by atoms with Crippen LogP contribution in [-0.4, -0.2) is 29.1 Å². The average molecular weight is 263 g/mol. The zero-order valence-electron chi connectivity index (χ0n) is 11.0. The van der Waals surface area contributed by atoms with Gasteiger partial charge >= 0.3 is 5.97 Å². The molecule has 5 nitrogen and oxygen atoms in total. The van der Waals surface area contributed by atoms with Crippen LogP contribution in [0.15, 0.2) is 18.2 Å². The van der Waals surface area contributed by atoms with Crippen molar-refractivity contribution >= 4 is 11.9 Å². The van der Waals surface area contributed by atoms with E-state index in [1.807, 2.05) is 0 Å². The van der Waals surface area contributed by atoms with E-state index in [4.69, 9.17) is 9.84 Å². The first-order valence-corrected chi connectivity index (χ1v) is 6.17. The summed E-state index contributed by atoms with van der Waals surface area (Å²) in [4.78, 5) is 22.8. The van der Waals surface area contributed by atoms with Crippen LogP contribution in [0.1, 0.15) is 36.2 Å². The van der Waals surface area contributed by atoms with Gasteiger partial charge in [-0.25, -0.2) is 0 Å². The summed E-state index contributed by atoms with van der Waals surface area (Å²) in [6.45, 7) is 4.02. The number of nitrogens with one attached hydrogen (secondary N) is 1. The van der Waals surface area contributed by atoms with Crippen LogP contribution in [0.2, 0.25) is 0 Å². The number of amides is 1. The van der Waals surface area contributed by atoms with Crippen LogP contribution in [0.25, 0.3) is 0 Å². The molecular weight excluding hydrogens is 246 g/mol. The number of hydrogen-bond donors (Lipinski definition) is 2. The lowest BCUT2D eigenvalue weighted by Crippen LogP contribution is -2.44. The van der Waals surface area contributed by atoms with Gasteiger partial charge in [-0.05, 0) is 37.6 Å². The number of carboxylic acids is 1. The molecule has 2 rings (SSSR count). The van der Waals surface area contributed by atoms with Crippen molar-refractivity contribution in [3.63, 3.8) is 0 Å². The highest BCUT2D eigenvalue weighted by molar-refractivity contribution is 5.95. The highest BCUT2D eigenvalue weighted by Gasteiger charge is 2.25. The molecule has 1 aromatic carbocycles. The molecule has 102 valence electrons. The average Bonchev–Trinajstić information content (AvgIpc) is 2.72. The third-order valence-corrected chi connectivity index (χ3v) is 3.00. The monoisotopic (exact) mass is 263 g/mol. The van der Waals surface area contributed by atoms with Crippen LogP contribution in [0, 0.1) is 0 Å². The topological polar surface area (TPSA) is 75.6 Å². The molecule has 0 spiro atoms. The number of carboxylic acid groups (broad SMARTS) is 1. The largest absolute Gasteiger partial charge is 0.493 e. The van der Waals surface area contributed by atoms with Crippen molar-refractivity contribution in [3.05, 3.63) is 29.3 Å². The molecular formula is C14H17NO4. The lowest BCUT2D eigenvalue weighted by Gasteiger charge is -2.24. The second-order valence-corrected chi connectivity index (χ2v) is 5.33. The molecule has 0 saturated carbocycles. The van der Waals surface area contributed by atoms with Crippen LogP contribution in [0.5, 0.6) is 5.75 Å². The predicted molar refractivity (Wildman–Crippen MR) is 69.4 cm³/mol. The highest BCUT2D eigenvalue weighted by atomic mass is 16.5. The second-order valence-electron chi connectivity index (χ2n) is 5.33. The van der Waals surface area contributed by atoms with E-state index < -0.39 is 11.5 Å². The molecule has 0 fully saturated rings. The van der Waals surface area contributed by atoms with Gasteiger partial charge in [-0.3, -0.25) is 9.59 Å². The summed E-state index contributed by atoms with van der Waals surface area (Å²) >= 11 is 0. The normalized spacial score (nSPS) is 13.6. The number of fused-ring (bicyclic) bond motifs is 1. The molecule has 0 unspecified atom stereocenters. The van der Waals surface area contributed by atoms with Crippen LogP contribution in [-0.2, 0) is 11.2 Å². The van der Waals surface area contributed by atoms with Crippen molar-refractivity contribution in [2.75, 3.05) is 6.61 Å². The first-order valence-electron chi connectivity index (χ1n) is 6.17. The number of benzene rings is 1. The quantitative estimate of drug-likeness (QED) is 0.865. The fourth-order valence-corrected chi connectivity index (χ4v) is 2.13. The fourth-order valence-electron chi connectivity index (χ4n) is 2.13. The third-order valence-electron chi connectivity index (χ3n) is 3.00. The van der Waals surface area contributed by atoms with Gasteiger partial charge < -0.3 is 15.2 Å². The molecule has 1 aliphatic heterocycles. The standard InChI is InChI=1S/C14H17NO4/c1-14(2,8-12(16)17)15-13(18)10-3-4-11-9(7-10)5-6-19-11/h3-4,7H,5-6,8H2,1-2H3,(H,15,18)(H,16,17). The number of carbonyl (C=O) groups excluding carboxylic acids is 1. The van der Waals surface area contributed by atoms with Crippen molar-refractivity contribution in [2.24, 2.45) is 0 Å². The van der Waals surface area contributed by atoms with Crippen molar-refractivity contribution in [1.82, 2.24) is 5.32 Å². The van der Waals surface area contributed by atoms with Gasteiger partial charge in [0, 0.05) is 17.5 Å². The van der Waals surface area contributed by atoms with Gasteiger partial charge in [0.05, 0.1) is 13.0 Å². The molecule has 2 N–H and O–H groups in total. The molecule has 0 aromatic heterocycles. The molecule has 0 bridgehead atoms. The van der Waals surface area contributed by atoms with Crippen molar-refractivity contribution in [2.45, 2.75) is 32.2 Å². The molecule has 1 aromatic rings. The SMILES string of the molecule is CC(C)(CC(=O)O)NC(=O)c1ccc2c(c1)CCO2. The van der Waals surface area contributed by atoms with Gasteiger partial charge in [0.25, 0.3) is 5.91 Å². The van der Waals surface area contributed by atoms with E-state index in [1.165, 1.54) is 0 Å². The predicted octanol–water partition coefficient (Wildman–Crippen LogP) is 1.60. The van der Waals surface area contributed by atoms with E-state index in [9.17, 15) is 9.59 Å². The maximum atomic E-state index is 12.1. The molecule has 1 amide bonds. The Morgan fingerprint density at radius 2 is 2.16 bits per heavy atom. The number of aliphatic carboxylic acids is 1. The second kappa shape index (κ2) is 4.91. The van der Waals surface area contributed by atoms with Gasteiger partial charge in [-0.1, -0.05) is 0 Å². The Balaban J connectivity index is 2.10. The molecule has 0 saturated heterocycles. The van der Waals surface area contributed by atoms with Crippen LogP contribution in [0.3, 0.4) is 0 Å². The Morgan fingerprint density at radius 1 is 1.42 bits per heavy atom. The van der Waals surface area contributed by atoms with Gasteiger partial charge in [-0.2, -0.15) is 0 Å². The van der Waals surface area contributed by atoms with E-state index in [0.29, 0.717) is 12.2 Å². The van der Waals surface area contributed by atoms with Crippen molar-refractivity contribution < 1.29 is 19.4 Å². The summed E-state index contributed by atoms with van der Waals surface area (Å²) in [5, 5.41) is 11.5. The maximum absolute atomic E-state index is 12.1. The van der Waals surface area contributed by atoms with Gasteiger partial charge in [0.1, 0.15) is 5.75 Å². The first-order chi connectivity index (χ1) is 8.87. The minimum Gasteiger partial charge on any atom is -0.493 e. The van der Waals surface area contributed by atoms with Crippen molar-refractivity contribution in [1.29, 1.82) is 0 Å². The number of hydrogen-bond acceptors (Lipinski definition) is 3. The Kier molecular flexibility index (Phi) is 3.46. The minimum absolute atomic E-state index is 0.118. The Hall–Kier alpha value is -2.04. The number of ether oxygens (including phenoxy) is 1. The van der Waals surface area contributed by atoms with E-state index in [-0.39, 0.29) is 12.3 Å². The Bertz CT molecular complexity index is 522. The zero-order chi connectivity index (χ0) is 14.0. The summed E-state index contributed by atoms with van der Waals surface area (Å²) in [7, 11) is 0. The summed E-state index contributed by atoms with van der Waals surface area (Å²) in [5.41, 5.74) is 0.768. The molecule has 0 atom stereocenters. The molecule has 5 heteroatoms. The summed E-state index contributed by atoms with van der Waals surface area (Å²) in [6, 6.07) is 5.27. The summed E-state index contributed by atoms with van der Waals surface area (Å²) in [6.07, 6.45) is 0.682. The molecule has 0 radical (unpaired) electrons. The highest BCUT2D eigenvalue weighted by Crippen LogP contribution is 2.26. The van der Waals surface area contributed by atoms with E-state index in [2.05, 4.69) is 5.32 Å². The molecule has 1 aliphatic rings. The zero-order valence-corrected chi connectivity index (χ0v) is 11.0. The van der Waals surface area contributed by atoms with Gasteiger partial charge in [0.15, 0.2) is 0 Å². The lowest BCUT2D eigenvalue weighted by atomic mass is 9.99. The van der Waals surface area contributed by atoms with E-state index in [0.717, 1.165) is 17.7 Å². The molecule has 0 aliphatic carbocycles. The molecule has 19 heavy (non-hydrogen) atoms. The van der Waals surface area contributed by atoms with Crippen LogP contribution < -0.4 is 10.1 Å². The van der Waals surface area contributed by atoms with Gasteiger partial charge in [0.2, 0.25) is 0 Å². The summed E-state index contributed by atoms with van der Waals surface area (Å²) < 4.78 is 5.38. The Morgan fingerprint density at radius 3 is 2.84 bits per heavy atom. The van der Waals surface area contributed by atoms with E-state index in [1.54, 1.807) is 32.0 Å². The van der Waals surface area contributed by atoms with Gasteiger partial charge in [-0.15, -0.1) is 0 Å². The first kappa shape index (κ1) is 13.4. The fraction of sp³-hybridized carbons (Fsp3) is 0.429. The summed E-state index contributed by atoms with van der Waals surface area (Å²) in [5.74, 6) is -0.380. The van der Waals surface area contributed by atoms with E-state index >= 15 is 0 Å². The van der Waals surface area contributed by atoms with Crippen molar-refractivity contribution in [3.8, 4) is 5.75 Å². The van der Waals surface area contributed by atoms with Crippen LogP contribution in [0.4, 0.5) is 0 Å². The maximum Gasteiger partial charge on any atom is 0.305 e. The third kappa shape index (κ3) is 3.24. The minimum atomic E-state index is -0.937. The van der Waals surface area contributed by atoms with Crippen LogP contribution >= 0.6 is 0 Å².